The largest absolute Gasteiger partial charge is 0.494 e. The van der Waals surface area contributed by atoms with E-state index < -0.39 is 0 Å². The number of hydrogen-bond donors (Lipinski definition) is 0. The molecule has 0 radical (unpaired) electrons. The number of carbonyl (C=O) groups is 1. The average molecular weight is 328 g/mol. The van der Waals surface area contributed by atoms with Crippen LogP contribution >= 0.6 is 0 Å². The van der Waals surface area contributed by atoms with E-state index in [2.05, 4.69) is 0 Å². The van der Waals surface area contributed by atoms with Crippen molar-refractivity contribution in [3.05, 3.63) is 60.2 Å². The molecule has 0 amide bonds. The fraction of sp³-hybridized carbons (Fsp3) is 0.350. The summed E-state index contributed by atoms with van der Waals surface area (Å²) in [4.78, 5) is 11.2. The molecule has 2 aromatic carbocycles. The van der Waals surface area contributed by atoms with Crippen molar-refractivity contribution in [2.24, 2.45) is 0 Å². The van der Waals surface area contributed by atoms with E-state index in [-0.39, 0.29) is 5.97 Å². The molecule has 2 rings (SSSR count). The molecule has 0 heterocycles. The molecule has 0 atom stereocenters. The lowest BCUT2D eigenvalue weighted by atomic mass is 10.2. The van der Waals surface area contributed by atoms with E-state index >= 15 is 0 Å². The van der Waals surface area contributed by atoms with Crippen LogP contribution in [-0.2, 0) is 16.1 Å². The van der Waals surface area contributed by atoms with Crippen LogP contribution in [0, 0.1) is 0 Å². The molecule has 4 nitrogen and oxygen atoms in total. The van der Waals surface area contributed by atoms with Crippen LogP contribution in [0.1, 0.15) is 31.7 Å². The highest BCUT2D eigenvalue weighted by molar-refractivity contribution is 5.69. The Kier molecular flexibility index (Phi) is 7.68. The highest BCUT2D eigenvalue weighted by Gasteiger charge is 2.01. The van der Waals surface area contributed by atoms with Crippen molar-refractivity contribution in [1.82, 2.24) is 0 Å². The van der Waals surface area contributed by atoms with Gasteiger partial charge < -0.3 is 14.2 Å². The molecule has 0 unspecified atom stereocenters. The minimum absolute atomic E-state index is 0.141. The summed E-state index contributed by atoms with van der Waals surface area (Å²) in [7, 11) is 0. The lowest BCUT2D eigenvalue weighted by Crippen LogP contribution is -2.05. The molecule has 4 heteroatoms. The highest BCUT2D eigenvalue weighted by Crippen LogP contribution is 2.19. The first-order valence-corrected chi connectivity index (χ1v) is 8.33. The standard InChI is InChI=1S/C20H24O4/c1-2-22-20(21)10-6-7-15-23-18-11-13-19(14-12-18)24-16-17-8-4-3-5-9-17/h3-5,8-9,11-14H,2,6-7,10,15-16H2,1H3. The zero-order chi connectivity index (χ0) is 17.0. The minimum Gasteiger partial charge on any atom is -0.494 e. The highest BCUT2D eigenvalue weighted by atomic mass is 16.5. The molecule has 0 N–H and O–H groups in total. The number of carbonyl (C=O) groups excluding carboxylic acids is 1. The molecule has 0 aliphatic rings. The molecule has 2 aromatic rings. The molecule has 0 bridgehead atoms. The number of unbranched alkanes of at least 4 members (excludes halogenated alkanes) is 1. The lowest BCUT2D eigenvalue weighted by molar-refractivity contribution is -0.143. The number of hydrogen-bond acceptors (Lipinski definition) is 4. The van der Waals surface area contributed by atoms with Crippen LogP contribution in [0.2, 0.25) is 0 Å². The van der Waals surface area contributed by atoms with Gasteiger partial charge in [-0.2, -0.15) is 0 Å². The number of ether oxygens (including phenoxy) is 3. The summed E-state index contributed by atoms with van der Waals surface area (Å²) >= 11 is 0. The molecule has 0 saturated heterocycles. The van der Waals surface area contributed by atoms with Gasteiger partial charge in [0.25, 0.3) is 0 Å². The Morgan fingerprint density at radius 1 is 0.875 bits per heavy atom. The molecule has 0 aliphatic heterocycles. The van der Waals surface area contributed by atoms with Gasteiger partial charge in [0.1, 0.15) is 18.1 Å². The zero-order valence-electron chi connectivity index (χ0n) is 14.1. The maximum atomic E-state index is 11.2. The van der Waals surface area contributed by atoms with E-state index in [1.807, 2.05) is 61.5 Å². The lowest BCUT2D eigenvalue weighted by Gasteiger charge is -2.09. The van der Waals surface area contributed by atoms with E-state index in [9.17, 15) is 4.79 Å². The van der Waals surface area contributed by atoms with Crippen molar-refractivity contribution >= 4 is 5.97 Å². The number of benzene rings is 2. The normalized spacial score (nSPS) is 10.2. The quantitative estimate of drug-likeness (QED) is 0.480. The summed E-state index contributed by atoms with van der Waals surface area (Å²) in [5.41, 5.74) is 1.14. The molecule has 0 aromatic heterocycles. The van der Waals surface area contributed by atoms with Gasteiger partial charge in [-0.25, -0.2) is 0 Å². The average Bonchev–Trinajstić information content (AvgIpc) is 2.62. The topological polar surface area (TPSA) is 44.8 Å². The molecule has 128 valence electrons. The molecule has 0 spiro atoms. The summed E-state index contributed by atoms with van der Waals surface area (Å²) in [6, 6.07) is 17.6. The Labute approximate surface area is 143 Å². The van der Waals surface area contributed by atoms with Crippen LogP contribution in [0.3, 0.4) is 0 Å². The third-order valence-corrected chi connectivity index (χ3v) is 3.42. The predicted molar refractivity (Wildman–Crippen MR) is 93.2 cm³/mol. The first kappa shape index (κ1) is 17.9. The van der Waals surface area contributed by atoms with Crippen LogP contribution in [0.25, 0.3) is 0 Å². The maximum absolute atomic E-state index is 11.2. The molecule has 0 saturated carbocycles. The van der Waals surface area contributed by atoms with Crippen LogP contribution in [0.5, 0.6) is 11.5 Å². The predicted octanol–water partition coefficient (Wildman–Crippen LogP) is 4.38. The first-order chi connectivity index (χ1) is 11.8. The van der Waals surface area contributed by atoms with Crippen molar-refractivity contribution < 1.29 is 19.0 Å². The Morgan fingerprint density at radius 3 is 2.21 bits per heavy atom. The number of rotatable bonds is 10. The van der Waals surface area contributed by atoms with Crippen LogP contribution in [0.4, 0.5) is 0 Å². The third kappa shape index (κ3) is 6.73. The summed E-state index contributed by atoms with van der Waals surface area (Å²) in [5, 5.41) is 0. The second-order valence-corrected chi connectivity index (χ2v) is 5.36. The first-order valence-electron chi connectivity index (χ1n) is 8.33. The van der Waals surface area contributed by atoms with Crippen molar-refractivity contribution in [2.75, 3.05) is 13.2 Å². The molecule has 24 heavy (non-hydrogen) atoms. The monoisotopic (exact) mass is 328 g/mol. The second kappa shape index (κ2) is 10.3. The Balaban J connectivity index is 1.64. The Hall–Kier alpha value is -2.49. The Morgan fingerprint density at radius 2 is 1.54 bits per heavy atom. The molecule has 0 aliphatic carbocycles. The Bertz CT molecular complexity index is 593. The van der Waals surface area contributed by atoms with E-state index in [1.54, 1.807) is 0 Å². The van der Waals surface area contributed by atoms with Gasteiger partial charge in [0.15, 0.2) is 0 Å². The second-order valence-electron chi connectivity index (χ2n) is 5.36. The summed E-state index contributed by atoms with van der Waals surface area (Å²) in [6.07, 6.45) is 2.05. The van der Waals surface area contributed by atoms with Crippen molar-refractivity contribution in [3.8, 4) is 11.5 Å². The van der Waals surface area contributed by atoms with Crippen molar-refractivity contribution in [3.63, 3.8) is 0 Å². The minimum atomic E-state index is -0.141. The van der Waals surface area contributed by atoms with Gasteiger partial charge in [-0.1, -0.05) is 30.3 Å². The van der Waals surface area contributed by atoms with E-state index in [0.29, 0.717) is 26.2 Å². The van der Waals surface area contributed by atoms with E-state index in [1.165, 1.54) is 0 Å². The summed E-state index contributed by atoms with van der Waals surface area (Å²) < 4.78 is 16.3. The molecular formula is C20H24O4. The van der Waals surface area contributed by atoms with Gasteiger partial charge in [-0.05, 0) is 49.6 Å². The van der Waals surface area contributed by atoms with Crippen molar-refractivity contribution in [2.45, 2.75) is 32.8 Å². The smallest absolute Gasteiger partial charge is 0.305 e. The van der Waals surface area contributed by atoms with Crippen LogP contribution < -0.4 is 9.47 Å². The van der Waals surface area contributed by atoms with Gasteiger partial charge in [-0.3, -0.25) is 4.79 Å². The van der Waals surface area contributed by atoms with E-state index in [4.69, 9.17) is 14.2 Å². The number of esters is 1. The van der Waals surface area contributed by atoms with Crippen molar-refractivity contribution in [1.29, 1.82) is 0 Å². The molecular weight excluding hydrogens is 304 g/mol. The summed E-state index contributed by atoms with van der Waals surface area (Å²) in [5.74, 6) is 1.48. The van der Waals surface area contributed by atoms with E-state index in [0.717, 1.165) is 29.9 Å². The zero-order valence-corrected chi connectivity index (χ0v) is 14.1. The van der Waals surface area contributed by atoms with Gasteiger partial charge in [-0.15, -0.1) is 0 Å². The van der Waals surface area contributed by atoms with Gasteiger partial charge >= 0.3 is 5.97 Å². The third-order valence-electron chi connectivity index (χ3n) is 3.42. The fourth-order valence-corrected chi connectivity index (χ4v) is 2.17. The van der Waals surface area contributed by atoms with Gasteiger partial charge in [0, 0.05) is 6.42 Å². The van der Waals surface area contributed by atoms with Crippen LogP contribution in [0.15, 0.2) is 54.6 Å². The van der Waals surface area contributed by atoms with Gasteiger partial charge in [0.2, 0.25) is 0 Å². The maximum Gasteiger partial charge on any atom is 0.305 e. The summed E-state index contributed by atoms with van der Waals surface area (Å²) in [6.45, 7) is 3.39. The van der Waals surface area contributed by atoms with Gasteiger partial charge in [0.05, 0.1) is 13.2 Å². The molecule has 0 fully saturated rings. The fourth-order valence-electron chi connectivity index (χ4n) is 2.17. The van der Waals surface area contributed by atoms with Crippen LogP contribution in [-0.4, -0.2) is 19.2 Å². The SMILES string of the molecule is CCOC(=O)CCCCOc1ccc(OCc2ccccc2)cc1.